The van der Waals surface area contributed by atoms with Gasteiger partial charge >= 0.3 is 0 Å². The Morgan fingerprint density at radius 2 is 2.00 bits per heavy atom. The molecule has 116 valence electrons. The van der Waals surface area contributed by atoms with E-state index in [9.17, 15) is 8.42 Å². The normalized spacial score (nSPS) is 12.8. The van der Waals surface area contributed by atoms with E-state index in [0.717, 1.165) is 24.3 Å². The van der Waals surface area contributed by atoms with Gasteiger partial charge in [0.05, 0.1) is 3.79 Å². The predicted octanol–water partition coefficient (Wildman–Crippen LogP) is 3.48. The van der Waals surface area contributed by atoms with Gasteiger partial charge in [0, 0.05) is 17.0 Å². The zero-order chi connectivity index (χ0) is 15.4. The zero-order valence-electron chi connectivity index (χ0n) is 12.4. The topological polar surface area (TPSA) is 58.2 Å². The van der Waals surface area contributed by atoms with Gasteiger partial charge in [0.15, 0.2) is 0 Å². The quantitative estimate of drug-likeness (QED) is 0.723. The van der Waals surface area contributed by atoms with Gasteiger partial charge in [0.2, 0.25) is 10.0 Å². The number of thiophene rings is 1. The van der Waals surface area contributed by atoms with Crippen molar-refractivity contribution in [1.29, 1.82) is 0 Å². The molecule has 0 atom stereocenters. The first-order valence-electron chi connectivity index (χ1n) is 6.74. The van der Waals surface area contributed by atoms with Crippen LogP contribution in [0.1, 0.15) is 45.4 Å². The average molecular weight is 383 g/mol. The van der Waals surface area contributed by atoms with Crippen LogP contribution in [-0.2, 0) is 16.6 Å². The molecule has 0 radical (unpaired) electrons. The Morgan fingerprint density at radius 3 is 2.55 bits per heavy atom. The molecule has 0 saturated heterocycles. The summed E-state index contributed by atoms with van der Waals surface area (Å²) in [5.41, 5.74) is -0.434. The van der Waals surface area contributed by atoms with Crippen LogP contribution in [0.4, 0.5) is 0 Å². The van der Waals surface area contributed by atoms with Crippen molar-refractivity contribution in [3.8, 4) is 0 Å². The van der Waals surface area contributed by atoms with Crippen LogP contribution in [0.2, 0.25) is 0 Å². The van der Waals surface area contributed by atoms with E-state index < -0.39 is 15.6 Å². The van der Waals surface area contributed by atoms with E-state index in [2.05, 4.69) is 26.0 Å². The number of rotatable bonds is 8. The highest BCUT2D eigenvalue weighted by molar-refractivity contribution is 9.11. The first-order chi connectivity index (χ1) is 9.22. The Balaban J connectivity index is 2.95. The Bertz CT molecular complexity index is 539. The van der Waals surface area contributed by atoms with E-state index in [1.54, 1.807) is 6.07 Å². The van der Waals surface area contributed by atoms with E-state index in [-0.39, 0.29) is 0 Å². The van der Waals surface area contributed by atoms with Crippen molar-refractivity contribution in [2.45, 2.75) is 57.5 Å². The number of hydrogen-bond acceptors (Lipinski definition) is 4. The highest BCUT2D eigenvalue weighted by Gasteiger charge is 2.28. The Kier molecular flexibility index (Phi) is 6.66. The minimum Gasteiger partial charge on any atom is -0.312 e. The molecule has 0 saturated carbocycles. The maximum absolute atomic E-state index is 12.5. The van der Waals surface area contributed by atoms with Gasteiger partial charge in [-0.05, 0) is 48.8 Å². The van der Waals surface area contributed by atoms with E-state index in [4.69, 9.17) is 0 Å². The smallest absolute Gasteiger partial charge is 0.243 e. The fourth-order valence-electron chi connectivity index (χ4n) is 2.01. The Labute approximate surface area is 134 Å². The molecule has 0 bridgehead atoms. The zero-order valence-corrected chi connectivity index (χ0v) is 15.6. The second-order valence-electron chi connectivity index (χ2n) is 5.37. The summed E-state index contributed by atoms with van der Waals surface area (Å²) >= 11 is 4.82. The van der Waals surface area contributed by atoms with Crippen LogP contribution in [-0.4, -0.2) is 20.5 Å². The van der Waals surface area contributed by atoms with Gasteiger partial charge in [-0.3, -0.25) is 0 Å². The lowest BCUT2D eigenvalue weighted by atomic mass is 10.0. The second-order valence-corrected chi connectivity index (χ2v) is 9.48. The molecule has 0 fully saturated rings. The molecule has 0 spiro atoms. The van der Waals surface area contributed by atoms with Gasteiger partial charge in [-0.25, -0.2) is 13.1 Å². The Morgan fingerprint density at radius 1 is 1.35 bits per heavy atom. The summed E-state index contributed by atoms with van der Waals surface area (Å²) in [5.74, 6) is 0. The van der Waals surface area contributed by atoms with Gasteiger partial charge in [0.1, 0.15) is 4.90 Å². The van der Waals surface area contributed by atoms with Gasteiger partial charge < -0.3 is 5.32 Å². The van der Waals surface area contributed by atoms with Crippen molar-refractivity contribution < 1.29 is 8.42 Å². The molecule has 1 aromatic heterocycles. The fraction of sp³-hybridized carbons (Fsp3) is 0.692. The first-order valence-corrected chi connectivity index (χ1v) is 9.84. The maximum Gasteiger partial charge on any atom is 0.243 e. The van der Waals surface area contributed by atoms with Crippen molar-refractivity contribution in [2.75, 3.05) is 6.54 Å². The van der Waals surface area contributed by atoms with Crippen LogP contribution >= 0.6 is 27.3 Å². The molecule has 0 aromatic carbocycles. The summed E-state index contributed by atoms with van der Waals surface area (Å²) in [6.07, 6.45) is 1.74. The maximum atomic E-state index is 12.5. The third-order valence-corrected chi connectivity index (χ3v) is 6.78. The third-order valence-electron chi connectivity index (χ3n) is 2.83. The fourth-order valence-corrected chi connectivity index (χ4v) is 6.11. The number of sulfonamides is 1. The molecular weight excluding hydrogens is 360 g/mol. The predicted molar refractivity (Wildman–Crippen MR) is 88.7 cm³/mol. The van der Waals surface area contributed by atoms with Crippen LogP contribution in [0.15, 0.2) is 14.7 Å². The molecule has 20 heavy (non-hydrogen) atoms. The summed E-state index contributed by atoms with van der Waals surface area (Å²) in [6.45, 7) is 9.44. The monoisotopic (exact) mass is 382 g/mol. The lowest BCUT2D eigenvalue weighted by molar-refractivity contribution is 0.417. The molecule has 7 heteroatoms. The average Bonchev–Trinajstić information content (AvgIpc) is 2.67. The molecule has 1 heterocycles. The summed E-state index contributed by atoms with van der Waals surface area (Å²) in [7, 11) is -3.49. The lowest BCUT2D eigenvalue weighted by Crippen LogP contribution is -2.43. The molecule has 1 aromatic rings. The summed E-state index contributed by atoms with van der Waals surface area (Å²) in [6, 6.07) is 1.74. The van der Waals surface area contributed by atoms with Crippen molar-refractivity contribution in [2.24, 2.45) is 0 Å². The molecule has 0 unspecified atom stereocenters. The minimum atomic E-state index is -3.49. The standard InChI is InChI=1S/C13H23BrN2O2S2/c1-5-7-13(3,4)16-20(17,18)11-8-10(9-15-6-2)19-12(11)14/h8,15-16H,5-7,9H2,1-4H3. The van der Waals surface area contributed by atoms with Crippen molar-refractivity contribution >= 4 is 37.3 Å². The van der Waals surface area contributed by atoms with Crippen molar-refractivity contribution in [1.82, 2.24) is 10.0 Å². The molecule has 1 rings (SSSR count). The van der Waals surface area contributed by atoms with Crippen molar-refractivity contribution in [3.05, 3.63) is 14.7 Å². The Hall–Kier alpha value is 0.0500. The minimum absolute atomic E-state index is 0.333. The summed E-state index contributed by atoms with van der Waals surface area (Å²) < 4.78 is 28.4. The molecule has 0 aliphatic rings. The van der Waals surface area contributed by atoms with E-state index >= 15 is 0 Å². The van der Waals surface area contributed by atoms with Gasteiger partial charge in [-0.2, -0.15) is 0 Å². The highest BCUT2D eigenvalue weighted by atomic mass is 79.9. The van der Waals surface area contributed by atoms with Crippen LogP contribution in [0.5, 0.6) is 0 Å². The van der Waals surface area contributed by atoms with E-state index in [0.29, 0.717) is 15.2 Å². The van der Waals surface area contributed by atoms with Crippen LogP contribution in [0.25, 0.3) is 0 Å². The van der Waals surface area contributed by atoms with Crippen LogP contribution < -0.4 is 10.0 Å². The highest BCUT2D eigenvalue weighted by Crippen LogP contribution is 2.32. The molecule has 4 nitrogen and oxygen atoms in total. The van der Waals surface area contributed by atoms with Crippen LogP contribution in [0, 0.1) is 0 Å². The molecule has 0 amide bonds. The second kappa shape index (κ2) is 7.35. The van der Waals surface area contributed by atoms with Gasteiger partial charge in [-0.15, -0.1) is 11.3 Å². The number of hydrogen-bond donors (Lipinski definition) is 2. The SMILES string of the molecule is CCCC(C)(C)NS(=O)(=O)c1cc(CNCC)sc1Br. The van der Waals surface area contributed by atoms with E-state index in [1.807, 2.05) is 27.7 Å². The van der Waals surface area contributed by atoms with Crippen molar-refractivity contribution in [3.63, 3.8) is 0 Å². The largest absolute Gasteiger partial charge is 0.312 e. The third kappa shape index (κ3) is 5.11. The van der Waals surface area contributed by atoms with E-state index in [1.165, 1.54) is 11.3 Å². The molecule has 0 aliphatic heterocycles. The van der Waals surface area contributed by atoms with Crippen LogP contribution in [0.3, 0.4) is 0 Å². The van der Waals surface area contributed by atoms with Gasteiger partial charge in [-0.1, -0.05) is 20.3 Å². The molecular formula is C13H23BrN2O2S2. The summed E-state index contributed by atoms with van der Waals surface area (Å²) in [5, 5.41) is 3.20. The lowest BCUT2D eigenvalue weighted by Gasteiger charge is -2.25. The van der Waals surface area contributed by atoms with Gasteiger partial charge in [0.25, 0.3) is 0 Å². The molecule has 2 N–H and O–H groups in total. The number of halogens is 1. The number of nitrogens with one attached hydrogen (secondary N) is 2. The molecule has 0 aliphatic carbocycles. The first kappa shape index (κ1) is 18.1. The summed E-state index contributed by atoms with van der Waals surface area (Å²) in [4.78, 5) is 1.34.